The van der Waals surface area contributed by atoms with Crippen LogP contribution in [0.15, 0.2) is 54.0 Å². The van der Waals surface area contributed by atoms with Crippen molar-refractivity contribution in [1.82, 2.24) is 24.4 Å². The highest BCUT2D eigenvalue weighted by Crippen LogP contribution is 2.38. The molecule has 0 aliphatic carbocycles. The SMILES string of the molecule is C.C=CC(=O)N1C[C@H](C)N(c2nc(=O)n(-c3c(C)ccnc3C(C)C)c3nc(-c4cc(OC(F)(F)F)ccc4F)c(Cl)cc23)C[C@H]1C. The van der Waals surface area contributed by atoms with E-state index in [1.54, 1.807) is 24.1 Å². The second-order valence-electron chi connectivity index (χ2n) is 11.5. The molecule has 4 aromatic rings. The molecule has 0 unspecified atom stereocenters. The lowest BCUT2D eigenvalue weighted by Gasteiger charge is -2.44. The molecule has 47 heavy (non-hydrogen) atoms. The van der Waals surface area contributed by atoms with E-state index in [2.05, 4.69) is 26.3 Å². The molecule has 1 aromatic carbocycles. The van der Waals surface area contributed by atoms with Gasteiger partial charge in [-0.05, 0) is 68.7 Å². The molecule has 1 fully saturated rings. The van der Waals surface area contributed by atoms with Crippen LogP contribution >= 0.6 is 11.6 Å². The Morgan fingerprint density at radius 3 is 2.47 bits per heavy atom. The molecule has 0 N–H and O–H groups in total. The van der Waals surface area contributed by atoms with E-state index in [-0.39, 0.29) is 59.1 Å². The van der Waals surface area contributed by atoms with Crippen LogP contribution in [0.25, 0.3) is 28.0 Å². The maximum atomic E-state index is 15.2. The standard InChI is InChI=1S/C32H31ClF4N6O3.CH4/c1-7-25(44)41-14-19(6)42(15-18(41)5)29-22-13-23(33)27(21-12-20(8-9-24(21)34)46-32(35,36)37)39-30(22)43(31(45)40-29)28-17(4)10-11-38-26(28)16(2)3;/h7-13,16,18-19H,1,14-15H2,2-6H3;1H4/t18-,19+;/m1./s1. The Morgan fingerprint density at radius 1 is 1.13 bits per heavy atom. The number of hydrogen-bond acceptors (Lipinski definition) is 7. The molecule has 1 amide bonds. The zero-order valence-electron chi connectivity index (χ0n) is 25.7. The van der Waals surface area contributed by atoms with Gasteiger partial charge < -0.3 is 14.5 Å². The summed E-state index contributed by atoms with van der Waals surface area (Å²) in [5.41, 5.74) is 0.432. The lowest BCUT2D eigenvalue weighted by Crippen LogP contribution is -2.58. The lowest BCUT2D eigenvalue weighted by atomic mass is 10.0. The van der Waals surface area contributed by atoms with Crippen molar-refractivity contribution in [3.8, 4) is 22.7 Å². The summed E-state index contributed by atoms with van der Waals surface area (Å²) >= 11 is 6.70. The number of pyridine rings is 2. The van der Waals surface area contributed by atoms with Crippen molar-refractivity contribution in [2.75, 3.05) is 18.0 Å². The summed E-state index contributed by atoms with van der Waals surface area (Å²) in [6.07, 6.45) is -2.15. The van der Waals surface area contributed by atoms with Gasteiger partial charge in [-0.1, -0.05) is 39.5 Å². The molecule has 0 radical (unpaired) electrons. The van der Waals surface area contributed by atoms with Crippen molar-refractivity contribution in [1.29, 1.82) is 0 Å². The molecular weight excluding hydrogens is 640 g/mol. The maximum Gasteiger partial charge on any atom is 0.573 e. The summed E-state index contributed by atoms with van der Waals surface area (Å²) in [4.78, 5) is 43.8. The molecule has 1 aliphatic heterocycles. The first kappa shape index (κ1) is 35.3. The second kappa shape index (κ2) is 13.3. The van der Waals surface area contributed by atoms with E-state index in [0.29, 0.717) is 35.4 Å². The normalized spacial score (nSPS) is 16.7. The summed E-state index contributed by atoms with van der Waals surface area (Å²) < 4.78 is 59.6. The Bertz CT molecular complexity index is 1910. The van der Waals surface area contributed by atoms with Crippen LogP contribution in [0, 0.1) is 12.7 Å². The number of alkyl halides is 3. The monoisotopic (exact) mass is 674 g/mol. The fourth-order valence-corrected chi connectivity index (χ4v) is 5.98. The van der Waals surface area contributed by atoms with Gasteiger partial charge in [-0.25, -0.2) is 18.7 Å². The van der Waals surface area contributed by atoms with Gasteiger partial charge in [0, 0.05) is 36.9 Å². The summed E-state index contributed by atoms with van der Waals surface area (Å²) in [5.74, 6) is -1.70. The van der Waals surface area contributed by atoms with E-state index in [4.69, 9.17) is 11.6 Å². The van der Waals surface area contributed by atoms with Crippen LogP contribution in [0.2, 0.25) is 5.02 Å². The average Bonchev–Trinajstić information content (AvgIpc) is 2.98. The van der Waals surface area contributed by atoms with Crippen molar-refractivity contribution in [3.05, 3.63) is 81.8 Å². The number of amides is 1. The van der Waals surface area contributed by atoms with Gasteiger partial charge in [-0.2, -0.15) is 4.98 Å². The van der Waals surface area contributed by atoms with Crippen molar-refractivity contribution in [2.24, 2.45) is 0 Å². The second-order valence-corrected chi connectivity index (χ2v) is 11.9. The number of piperazine rings is 1. The summed E-state index contributed by atoms with van der Waals surface area (Å²) in [6.45, 7) is 13.5. The number of aryl methyl sites for hydroxylation is 1. The predicted octanol–water partition coefficient (Wildman–Crippen LogP) is 7.21. The van der Waals surface area contributed by atoms with Crippen LogP contribution < -0.4 is 15.3 Å². The smallest absolute Gasteiger partial charge is 0.406 e. The first-order chi connectivity index (χ1) is 21.6. The molecule has 0 spiro atoms. The fraction of sp³-hybridized carbons (Fsp3) is 0.364. The third-order valence-electron chi connectivity index (χ3n) is 7.87. The van der Waals surface area contributed by atoms with Gasteiger partial charge in [-0.15, -0.1) is 13.2 Å². The quantitative estimate of drug-likeness (QED) is 0.158. The predicted molar refractivity (Wildman–Crippen MR) is 174 cm³/mol. The van der Waals surface area contributed by atoms with Gasteiger partial charge in [0.1, 0.15) is 17.4 Å². The van der Waals surface area contributed by atoms with Gasteiger partial charge in [0.05, 0.1) is 27.5 Å². The molecule has 14 heteroatoms. The zero-order chi connectivity index (χ0) is 33.7. The molecule has 2 atom stereocenters. The van der Waals surface area contributed by atoms with Crippen LogP contribution in [0.5, 0.6) is 5.75 Å². The number of carbonyl (C=O) groups is 1. The number of halogens is 5. The molecule has 4 heterocycles. The minimum Gasteiger partial charge on any atom is -0.406 e. The van der Waals surface area contributed by atoms with E-state index in [9.17, 15) is 22.8 Å². The highest BCUT2D eigenvalue weighted by atomic mass is 35.5. The number of anilines is 1. The fourth-order valence-electron chi connectivity index (χ4n) is 5.73. The molecule has 9 nitrogen and oxygen atoms in total. The van der Waals surface area contributed by atoms with Crippen molar-refractivity contribution >= 4 is 34.4 Å². The van der Waals surface area contributed by atoms with Gasteiger partial charge in [0.2, 0.25) is 5.91 Å². The van der Waals surface area contributed by atoms with E-state index >= 15 is 4.39 Å². The molecule has 0 saturated carbocycles. The minimum atomic E-state index is -5.02. The van der Waals surface area contributed by atoms with Crippen LogP contribution in [-0.2, 0) is 4.79 Å². The molecule has 3 aromatic heterocycles. The molecular formula is C33H35ClF4N6O3. The number of nitrogens with zero attached hydrogens (tertiary/aromatic N) is 6. The topological polar surface area (TPSA) is 93.5 Å². The van der Waals surface area contributed by atoms with Gasteiger partial charge >= 0.3 is 12.1 Å². The van der Waals surface area contributed by atoms with E-state index in [1.807, 2.05) is 32.6 Å². The number of aromatic nitrogens is 4. The molecule has 250 valence electrons. The number of carbonyl (C=O) groups excluding carboxylic acids is 1. The Kier molecular flexibility index (Phi) is 10.0. The van der Waals surface area contributed by atoms with Crippen molar-refractivity contribution in [3.63, 3.8) is 0 Å². The van der Waals surface area contributed by atoms with Crippen LogP contribution in [0.1, 0.15) is 52.3 Å². The van der Waals surface area contributed by atoms with Crippen LogP contribution in [-0.4, -0.2) is 61.9 Å². The highest BCUT2D eigenvalue weighted by molar-refractivity contribution is 6.34. The average molecular weight is 675 g/mol. The number of benzene rings is 1. The number of rotatable bonds is 6. The number of hydrogen-bond donors (Lipinski definition) is 0. The first-order valence-corrected chi connectivity index (χ1v) is 14.8. The summed E-state index contributed by atoms with van der Waals surface area (Å²) in [7, 11) is 0. The first-order valence-electron chi connectivity index (χ1n) is 14.5. The zero-order valence-corrected chi connectivity index (χ0v) is 26.4. The largest absolute Gasteiger partial charge is 0.573 e. The summed E-state index contributed by atoms with van der Waals surface area (Å²) in [6, 6.07) is 5.12. The van der Waals surface area contributed by atoms with Crippen LogP contribution in [0.3, 0.4) is 0 Å². The summed E-state index contributed by atoms with van der Waals surface area (Å²) in [5, 5.41) is 0.230. The number of ether oxygens (including phenoxy) is 1. The van der Waals surface area contributed by atoms with Crippen molar-refractivity contribution < 1.29 is 27.1 Å². The molecule has 0 bridgehead atoms. The molecule has 5 rings (SSSR count). The third kappa shape index (κ3) is 6.80. The van der Waals surface area contributed by atoms with E-state index < -0.39 is 23.6 Å². The highest BCUT2D eigenvalue weighted by Gasteiger charge is 2.35. The Morgan fingerprint density at radius 2 is 1.83 bits per heavy atom. The van der Waals surface area contributed by atoms with Gasteiger partial charge in [0.25, 0.3) is 0 Å². The lowest BCUT2D eigenvalue weighted by molar-refractivity contribution is -0.274. The Hall–Kier alpha value is -4.52. The Balaban J connectivity index is 0.00000500. The minimum absolute atomic E-state index is 0. The van der Waals surface area contributed by atoms with E-state index in [1.165, 1.54) is 16.7 Å². The van der Waals surface area contributed by atoms with Gasteiger partial charge in [-0.3, -0.25) is 9.78 Å². The Labute approximate surface area is 274 Å². The maximum absolute atomic E-state index is 15.2. The van der Waals surface area contributed by atoms with Crippen LogP contribution in [0.4, 0.5) is 23.4 Å². The van der Waals surface area contributed by atoms with Gasteiger partial charge in [0.15, 0.2) is 5.65 Å². The molecule has 1 aliphatic rings. The van der Waals surface area contributed by atoms with E-state index in [0.717, 1.165) is 18.2 Å². The molecule has 1 saturated heterocycles. The van der Waals surface area contributed by atoms with Crippen molar-refractivity contribution in [2.45, 2.75) is 66.4 Å². The third-order valence-corrected chi connectivity index (χ3v) is 8.16. The number of fused-ring (bicyclic) bond motifs is 1.